The molecule has 2 aromatic heterocycles. The molecule has 8 heteroatoms. The molecule has 0 aromatic carbocycles. The largest absolute Gasteiger partial charge is 0.480 e. The molecule has 0 bridgehead atoms. The summed E-state index contributed by atoms with van der Waals surface area (Å²) in [7, 11) is 1.50. The van der Waals surface area contributed by atoms with Crippen LogP contribution in [0.1, 0.15) is 12.6 Å². The highest BCUT2D eigenvalue weighted by Gasteiger charge is 2.35. The fourth-order valence-electron chi connectivity index (χ4n) is 2.48. The molecule has 0 amide bonds. The third kappa shape index (κ3) is 1.98. The molecule has 4 N–H and O–H groups in total. The summed E-state index contributed by atoms with van der Waals surface area (Å²) >= 11 is 0. The number of rotatable bonds is 3. The van der Waals surface area contributed by atoms with Gasteiger partial charge in [0.2, 0.25) is 11.8 Å². The number of methoxy groups -OCH3 is 1. The van der Waals surface area contributed by atoms with E-state index in [9.17, 15) is 5.11 Å². The molecule has 8 nitrogen and oxygen atoms in total. The molecule has 1 saturated heterocycles. The Morgan fingerprint density at radius 1 is 1.55 bits per heavy atom. The minimum Gasteiger partial charge on any atom is -0.480 e. The van der Waals surface area contributed by atoms with Gasteiger partial charge < -0.3 is 30.0 Å². The number of aliphatic hydroxyl groups is 2. The maximum atomic E-state index is 10.1. The highest BCUT2D eigenvalue weighted by molar-refractivity contribution is 5.82. The van der Waals surface area contributed by atoms with Gasteiger partial charge >= 0.3 is 0 Å². The van der Waals surface area contributed by atoms with Gasteiger partial charge in [0.15, 0.2) is 11.9 Å². The molecular weight excluding hydrogens is 264 g/mol. The maximum absolute atomic E-state index is 10.1. The van der Waals surface area contributed by atoms with Crippen LogP contribution in [-0.2, 0) is 4.74 Å². The number of aromatic nitrogens is 3. The van der Waals surface area contributed by atoms with Crippen molar-refractivity contribution in [3.8, 4) is 5.88 Å². The van der Waals surface area contributed by atoms with E-state index in [4.69, 9.17) is 20.3 Å². The van der Waals surface area contributed by atoms with Crippen molar-refractivity contribution in [2.45, 2.75) is 24.9 Å². The van der Waals surface area contributed by atoms with Crippen molar-refractivity contribution < 1.29 is 19.7 Å². The first-order valence-electron chi connectivity index (χ1n) is 6.26. The van der Waals surface area contributed by atoms with Crippen molar-refractivity contribution in [2.24, 2.45) is 0 Å². The van der Waals surface area contributed by atoms with Gasteiger partial charge in [-0.2, -0.15) is 9.97 Å². The Balaban J connectivity index is 2.07. The van der Waals surface area contributed by atoms with Crippen LogP contribution >= 0.6 is 0 Å². The first kappa shape index (κ1) is 13.1. The number of nitrogens with two attached hydrogens (primary N) is 1. The zero-order valence-electron chi connectivity index (χ0n) is 10.9. The molecule has 0 radical (unpaired) electrons. The van der Waals surface area contributed by atoms with Gasteiger partial charge in [0.1, 0.15) is 6.10 Å². The highest BCUT2D eigenvalue weighted by Crippen LogP contribution is 2.33. The van der Waals surface area contributed by atoms with Gasteiger partial charge in [-0.05, 0) is 6.07 Å². The van der Waals surface area contributed by atoms with E-state index in [0.717, 1.165) is 0 Å². The molecule has 1 aliphatic heterocycles. The van der Waals surface area contributed by atoms with E-state index in [0.29, 0.717) is 23.3 Å². The molecule has 0 saturated carbocycles. The Labute approximate surface area is 114 Å². The van der Waals surface area contributed by atoms with Crippen LogP contribution in [-0.4, -0.2) is 50.7 Å². The number of aliphatic hydroxyl groups excluding tert-OH is 2. The minimum atomic E-state index is -0.718. The van der Waals surface area contributed by atoms with Crippen molar-refractivity contribution >= 4 is 17.0 Å². The number of hydrogen-bond acceptors (Lipinski definition) is 7. The Morgan fingerprint density at radius 2 is 2.35 bits per heavy atom. The van der Waals surface area contributed by atoms with Crippen LogP contribution in [0.3, 0.4) is 0 Å². The molecule has 0 aliphatic carbocycles. The Bertz CT molecular complexity index is 629. The Hall–Kier alpha value is -1.90. The predicted molar refractivity (Wildman–Crippen MR) is 70.1 cm³/mol. The minimum absolute atomic E-state index is 0.0838. The second kappa shape index (κ2) is 4.89. The second-order valence-electron chi connectivity index (χ2n) is 4.69. The standard InChI is InChI=1S/C12H16N4O4/c1-19-10-7-2-3-16(9(7)14-12(13)15-10)11-8(18)4-6(5-17)20-11/h2-3,6,8,11,17-18H,4-5H2,1H3,(H2,13,14,15)/t6-,8+,11+/m0/s1. The Kier molecular flexibility index (Phi) is 3.20. The number of nitrogens with zero attached hydrogens (tertiary/aromatic N) is 3. The second-order valence-corrected chi connectivity index (χ2v) is 4.69. The number of anilines is 1. The van der Waals surface area contributed by atoms with Gasteiger partial charge in [-0.1, -0.05) is 0 Å². The molecule has 3 atom stereocenters. The first-order chi connectivity index (χ1) is 9.63. The van der Waals surface area contributed by atoms with Crippen molar-refractivity contribution in [1.29, 1.82) is 0 Å². The van der Waals surface area contributed by atoms with Crippen LogP contribution < -0.4 is 10.5 Å². The molecule has 3 heterocycles. The van der Waals surface area contributed by atoms with Gasteiger partial charge in [0, 0.05) is 12.6 Å². The molecule has 0 spiro atoms. The predicted octanol–water partition coefficient (Wildman–Crippen LogP) is -0.337. The molecule has 0 unspecified atom stereocenters. The molecule has 2 aromatic rings. The lowest BCUT2D eigenvalue weighted by atomic mass is 10.2. The van der Waals surface area contributed by atoms with E-state index in [2.05, 4.69) is 9.97 Å². The smallest absolute Gasteiger partial charge is 0.227 e. The maximum Gasteiger partial charge on any atom is 0.227 e. The number of hydrogen-bond donors (Lipinski definition) is 3. The van der Waals surface area contributed by atoms with E-state index in [-0.39, 0.29) is 18.7 Å². The van der Waals surface area contributed by atoms with Gasteiger partial charge in [-0.15, -0.1) is 0 Å². The number of fused-ring (bicyclic) bond motifs is 1. The first-order valence-corrected chi connectivity index (χ1v) is 6.26. The van der Waals surface area contributed by atoms with E-state index >= 15 is 0 Å². The van der Waals surface area contributed by atoms with Gasteiger partial charge in [0.25, 0.3) is 0 Å². The third-order valence-corrected chi connectivity index (χ3v) is 3.39. The topological polar surface area (TPSA) is 116 Å². The summed E-state index contributed by atoms with van der Waals surface area (Å²) in [5.74, 6) is 0.456. The SMILES string of the molecule is COc1nc(N)nc2c1ccn2[C@@H]1O[C@H](CO)C[C@H]1O. The van der Waals surface area contributed by atoms with Crippen molar-refractivity contribution in [1.82, 2.24) is 14.5 Å². The van der Waals surface area contributed by atoms with Crippen LogP contribution in [0, 0.1) is 0 Å². The molecule has 20 heavy (non-hydrogen) atoms. The summed E-state index contributed by atoms with van der Waals surface area (Å²) in [4.78, 5) is 8.17. The van der Waals surface area contributed by atoms with Crippen molar-refractivity contribution in [2.75, 3.05) is 19.5 Å². The lowest BCUT2D eigenvalue weighted by Gasteiger charge is -2.17. The highest BCUT2D eigenvalue weighted by atomic mass is 16.5. The summed E-state index contributed by atoms with van der Waals surface area (Å²) in [6, 6.07) is 1.77. The van der Waals surface area contributed by atoms with Gasteiger partial charge in [-0.25, -0.2) is 0 Å². The zero-order chi connectivity index (χ0) is 14.3. The molecule has 3 rings (SSSR count). The number of nitrogen functional groups attached to an aromatic ring is 1. The molecule has 1 aliphatic rings. The fourth-order valence-corrected chi connectivity index (χ4v) is 2.48. The van der Waals surface area contributed by atoms with Crippen LogP contribution in [0.4, 0.5) is 5.95 Å². The van der Waals surface area contributed by atoms with E-state index in [1.807, 2.05) is 0 Å². The van der Waals surface area contributed by atoms with Crippen LogP contribution in [0.15, 0.2) is 12.3 Å². The Morgan fingerprint density at radius 3 is 3.00 bits per heavy atom. The molecule has 108 valence electrons. The summed E-state index contributed by atoms with van der Waals surface area (Å²) < 4.78 is 12.5. The zero-order valence-corrected chi connectivity index (χ0v) is 10.9. The lowest BCUT2D eigenvalue weighted by molar-refractivity contribution is -0.0484. The monoisotopic (exact) mass is 280 g/mol. The van der Waals surface area contributed by atoms with E-state index in [1.165, 1.54) is 7.11 Å². The summed E-state index contributed by atoms with van der Waals surface area (Å²) in [6.07, 6.45) is 0.398. The summed E-state index contributed by atoms with van der Waals surface area (Å²) in [5.41, 5.74) is 6.18. The van der Waals surface area contributed by atoms with Crippen LogP contribution in [0.2, 0.25) is 0 Å². The summed E-state index contributed by atoms with van der Waals surface area (Å²) in [6.45, 7) is -0.132. The number of ether oxygens (including phenoxy) is 2. The quantitative estimate of drug-likeness (QED) is 0.704. The average molecular weight is 280 g/mol. The fraction of sp³-hybridized carbons (Fsp3) is 0.500. The van der Waals surface area contributed by atoms with Gasteiger partial charge in [0.05, 0.1) is 25.2 Å². The molecular formula is C12H16N4O4. The van der Waals surface area contributed by atoms with Crippen molar-refractivity contribution in [3.63, 3.8) is 0 Å². The van der Waals surface area contributed by atoms with E-state index in [1.54, 1.807) is 16.8 Å². The summed E-state index contributed by atoms with van der Waals surface area (Å²) in [5, 5.41) is 19.9. The van der Waals surface area contributed by atoms with Crippen LogP contribution in [0.25, 0.3) is 11.0 Å². The lowest BCUT2D eigenvalue weighted by Crippen LogP contribution is -2.19. The van der Waals surface area contributed by atoms with E-state index < -0.39 is 12.3 Å². The van der Waals surface area contributed by atoms with Gasteiger partial charge in [-0.3, -0.25) is 0 Å². The average Bonchev–Trinajstić information content (AvgIpc) is 3.00. The van der Waals surface area contributed by atoms with Crippen molar-refractivity contribution in [3.05, 3.63) is 12.3 Å². The molecule has 1 fully saturated rings. The van der Waals surface area contributed by atoms with Crippen LogP contribution in [0.5, 0.6) is 5.88 Å². The normalized spacial score (nSPS) is 26.2. The third-order valence-electron chi connectivity index (χ3n) is 3.39.